The number of amides is 1. The SMILES string of the molecule is Cc1ccc(OCC(=O)NCC2(c3ccc4c(c3)OCCO4)CC2)cc1. The molecule has 1 amide bonds. The molecule has 5 nitrogen and oxygen atoms in total. The van der Waals surface area contributed by atoms with E-state index >= 15 is 0 Å². The largest absolute Gasteiger partial charge is 0.486 e. The molecule has 4 rings (SSSR count). The normalized spacial score (nSPS) is 16.7. The third-order valence-electron chi connectivity index (χ3n) is 5.02. The number of fused-ring (bicyclic) bond motifs is 1. The van der Waals surface area contributed by atoms with Gasteiger partial charge in [0.1, 0.15) is 19.0 Å². The number of rotatable bonds is 6. The summed E-state index contributed by atoms with van der Waals surface area (Å²) in [5.41, 5.74) is 2.37. The zero-order chi connectivity index (χ0) is 18.0. The number of hydrogen-bond acceptors (Lipinski definition) is 4. The van der Waals surface area contributed by atoms with Gasteiger partial charge in [-0.2, -0.15) is 0 Å². The van der Waals surface area contributed by atoms with Crippen LogP contribution in [-0.4, -0.2) is 32.3 Å². The van der Waals surface area contributed by atoms with Gasteiger partial charge in [0.2, 0.25) is 0 Å². The number of aryl methyl sites for hydroxylation is 1. The van der Waals surface area contributed by atoms with E-state index in [4.69, 9.17) is 14.2 Å². The molecule has 1 fully saturated rings. The predicted octanol–water partition coefficient (Wildman–Crippen LogP) is 2.99. The molecule has 0 saturated heterocycles. The molecule has 0 aromatic heterocycles. The molecule has 2 aromatic carbocycles. The molecule has 136 valence electrons. The lowest BCUT2D eigenvalue weighted by molar-refractivity contribution is -0.123. The summed E-state index contributed by atoms with van der Waals surface area (Å²) >= 11 is 0. The molecule has 2 aromatic rings. The van der Waals surface area contributed by atoms with Crippen LogP contribution in [0.25, 0.3) is 0 Å². The van der Waals surface area contributed by atoms with Crippen molar-refractivity contribution in [3.05, 3.63) is 53.6 Å². The molecule has 0 radical (unpaired) electrons. The van der Waals surface area contributed by atoms with Gasteiger partial charge >= 0.3 is 0 Å². The second-order valence-corrected chi connectivity index (χ2v) is 7.02. The Balaban J connectivity index is 1.32. The van der Waals surface area contributed by atoms with Crippen LogP contribution in [0, 0.1) is 6.92 Å². The molecule has 0 spiro atoms. The van der Waals surface area contributed by atoms with Crippen molar-refractivity contribution in [3.8, 4) is 17.2 Å². The van der Waals surface area contributed by atoms with Crippen molar-refractivity contribution < 1.29 is 19.0 Å². The lowest BCUT2D eigenvalue weighted by Gasteiger charge is -2.22. The maximum absolute atomic E-state index is 12.1. The van der Waals surface area contributed by atoms with Crippen LogP contribution in [0.5, 0.6) is 17.2 Å². The first-order valence-corrected chi connectivity index (χ1v) is 9.01. The first kappa shape index (κ1) is 16.8. The van der Waals surface area contributed by atoms with Crippen LogP contribution in [0.4, 0.5) is 0 Å². The zero-order valence-electron chi connectivity index (χ0n) is 14.9. The van der Waals surface area contributed by atoms with Gasteiger partial charge in [0.15, 0.2) is 18.1 Å². The Morgan fingerprint density at radius 3 is 2.54 bits per heavy atom. The van der Waals surface area contributed by atoms with Crippen molar-refractivity contribution in [2.24, 2.45) is 0 Å². The van der Waals surface area contributed by atoms with E-state index in [2.05, 4.69) is 17.4 Å². The summed E-state index contributed by atoms with van der Waals surface area (Å²) in [5.74, 6) is 2.20. The number of hydrogen-bond donors (Lipinski definition) is 1. The second-order valence-electron chi connectivity index (χ2n) is 7.02. The number of ether oxygens (including phenoxy) is 3. The standard InChI is InChI=1S/C21H23NO4/c1-15-2-5-17(6-3-15)26-13-20(23)22-14-21(8-9-21)16-4-7-18-19(12-16)25-11-10-24-18/h2-7,12H,8-11,13-14H2,1H3,(H,22,23). The maximum atomic E-state index is 12.1. The molecule has 0 atom stereocenters. The summed E-state index contributed by atoms with van der Waals surface area (Å²) in [7, 11) is 0. The molecule has 2 aliphatic rings. The Bertz CT molecular complexity index is 796. The number of carbonyl (C=O) groups is 1. The highest BCUT2D eigenvalue weighted by Gasteiger charge is 2.44. The lowest BCUT2D eigenvalue weighted by atomic mass is 9.95. The molecule has 0 unspecified atom stereocenters. The second kappa shape index (κ2) is 6.90. The highest BCUT2D eigenvalue weighted by Crippen LogP contribution is 2.49. The Morgan fingerprint density at radius 1 is 1.08 bits per heavy atom. The van der Waals surface area contributed by atoms with Gasteiger partial charge in [0.25, 0.3) is 5.91 Å². The molecule has 5 heteroatoms. The van der Waals surface area contributed by atoms with Gasteiger partial charge in [-0.1, -0.05) is 23.8 Å². The molecule has 1 aliphatic heterocycles. The van der Waals surface area contributed by atoms with E-state index in [1.54, 1.807) is 0 Å². The van der Waals surface area contributed by atoms with Crippen LogP contribution >= 0.6 is 0 Å². The van der Waals surface area contributed by atoms with Gasteiger partial charge in [0, 0.05) is 12.0 Å². The summed E-state index contributed by atoms with van der Waals surface area (Å²) in [6, 6.07) is 13.8. The summed E-state index contributed by atoms with van der Waals surface area (Å²) in [4.78, 5) is 12.1. The summed E-state index contributed by atoms with van der Waals surface area (Å²) in [5, 5.41) is 3.01. The topological polar surface area (TPSA) is 56.8 Å². The van der Waals surface area contributed by atoms with Gasteiger partial charge in [-0.15, -0.1) is 0 Å². The Labute approximate surface area is 153 Å². The quantitative estimate of drug-likeness (QED) is 0.867. The molecule has 0 bridgehead atoms. The highest BCUT2D eigenvalue weighted by atomic mass is 16.6. The van der Waals surface area contributed by atoms with E-state index in [0.717, 1.165) is 29.9 Å². The fourth-order valence-corrected chi connectivity index (χ4v) is 3.19. The smallest absolute Gasteiger partial charge is 0.257 e. The van der Waals surface area contributed by atoms with Crippen LogP contribution in [0.1, 0.15) is 24.0 Å². The fourth-order valence-electron chi connectivity index (χ4n) is 3.19. The summed E-state index contributed by atoms with van der Waals surface area (Å²) in [6.07, 6.45) is 2.12. The van der Waals surface area contributed by atoms with Crippen molar-refractivity contribution >= 4 is 5.91 Å². The minimum Gasteiger partial charge on any atom is -0.486 e. The predicted molar refractivity (Wildman–Crippen MR) is 98.0 cm³/mol. The van der Waals surface area contributed by atoms with Gasteiger partial charge < -0.3 is 19.5 Å². The van der Waals surface area contributed by atoms with Crippen molar-refractivity contribution in [2.45, 2.75) is 25.2 Å². The van der Waals surface area contributed by atoms with Crippen molar-refractivity contribution in [1.82, 2.24) is 5.32 Å². The van der Waals surface area contributed by atoms with Crippen LogP contribution in [0.3, 0.4) is 0 Å². The Morgan fingerprint density at radius 2 is 1.81 bits per heavy atom. The molecule has 1 heterocycles. The summed E-state index contributed by atoms with van der Waals surface area (Å²) in [6.45, 7) is 3.83. The number of benzene rings is 2. The van der Waals surface area contributed by atoms with E-state index in [-0.39, 0.29) is 17.9 Å². The molecule has 26 heavy (non-hydrogen) atoms. The minimum atomic E-state index is -0.102. The van der Waals surface area contributed by atoms with E-state index in [1.807, 2.05) is 37.3 Å². The first-order chi connectivity index (χ1) is 12.6. The Hall–Kier alpha value is -2.69. The average Bonchev–Trinajstić information content (AvgIpc) is 3.47. The van der Waals surface area contributed by atoms with Crippen molar-refractivity contribution in [3.63, 3.8) is 0 Å². The Kier molecular flexibility index (Phi) is 4.45. The zero-order valence-corrected chi connectivity index (χ0v) is 14.9. The highest BCUT2D eigenvalue weighted by molar-refractivity contribution is 5.77. The van der Waals surface area contributed by atoms with E-state index < -0.39 is 0 Å². The molecule has 1 N–H and O–H groups in total. The third kappa shape index (κ3) is 3.62. The lowest BCUT2D eigenvalue weighted by Crippen LogP contribution is -2.35. The van der Waals surface area contributed by atoms with E-state index in [9.17, 15) is 4.79 Å². The number of carbonyl (C=O) groups excluding carboxylic acids is 1. The molecular formula is C21H23NO4. The molecule has 1 aliphatic carbocycles. The van der Waals surface area contributed by atoms with Crippen molar-refractivity contribution in [2.75, 3.05) is 26.4 Å². The van der Waals surface area contributed by atoms with Crippen LogP contribution in [0.2, 0.25) is 0 Å². The van der Waals surface area contributed by atoms with Crippen molar-refractivity contribution in [1.29, 1.82) is 0 Å². The fraction of sp³-hybridized carbons (Fsp3) is 0.381. The van der Waals surface area contributed by atoms with Gasteiger partial charge in [-0.05, 0) is 49.6 Å². The summed E-state index contributed by atoms with van der Waals surface area (Å²) < 4.78 is 16.8. The molecule has 1 saturated carbocycles. The number of nitrogens with one attached hydrogen (secondary N) is 1. The molecular weight excluding hydrogens is 330 g/mol. The maximum Gasteiger partial charge on any atom is 0.257 e. The van der Waals surface area contributed by atoms with Crippen LogP contribution in [-0.2, 0) is 10.2 Å². The average molecular weight is 353 g/mol. The van der Waals surface area contributed by atoms with Gasteiger partial charge in [0.05, 0.1) is 0 Å². The minimum absolute atomic E-state index is 0.00928. The van der Waals surface area contributed by atoms with E-state index in [0.29, 0.717) is 25.5 Å². The third-order valence-corrected chi connectivity index (χ3v) is 5.02. The monoisotopic (exact) mass is 353 g/mol. The first-order valence-electron chi connectivity index (χ1n) is 9.01. The van der Waals surface area contributed by atoms with Crippen LogP contribution in [0.15, 0.2) is 42.5 Å². The van der Waals surface area contributed by atoms with Gasteiger partial charge in [-0.25, -0.2) is 0 Å². The van der Waals surface area contributed by atoms with E-state index in [1.165, 1.54) is 5.56 Å². The van der Waals surface area contributed by atoms with Crippen LogP contribution < -0.4 is 19.5 Å². The van der Waals surface area contributed by atoms with Gasteiger partial charge in [-0.3, -0.25) is 4.79 Å².